The monoisotopic (exact) mass is 214 g/mol. The van der Waals surface area contributed by atoms with Gasteiger partial charge in [0.2, 0.25) is 0 Å². The first-order valence-electron chi connectivity index (χ1n) is 5.59. The fourth-order valence-electron chi connectivity index (χ4n) is 2.74. The Morgan fingerprint density at radius 1 is 0.750 bits per heavy atom. The molecule has 0 amide bonds. The Morgan fingerprint density at radius 3 is 1.62 bits per heavy atom. The summed E-state index contributed by atoms with van der Waals surface area (Å²) < 4.78 is 0. The number of benzene rings is 1. The summed E-state index contributed by atoms with van der Waals surface area (Å²) in [6, 6.07) is 7.59. The van der Waals surface area contributed by atoms with Gasteiger partial charge in [0.15, 0.2) is 0 Å². The molecule has 0 spiro atoms. The van der Waals surface area contributed by atoms with Crippen LogP contribution in [0.2, 0.25) is 0 Å². The van der Waals surface area contributed by atoms with Crippen LogP contribution in [0.25, 0.3) is 0 Å². The topological polar surface area (TPSA) is 40.5 Å². The standard InChI is InChI=1S/C14H14O2/c15-13-9-5-1-2-6-10(9)14(16)12-8-4-3-7-11(12)13/h1-10,13-16H. The summed E-state index contributed by atoms with van der Waals surface area (Å²) in [6.45, 7) is 0. The van der Waals surface area contributed by atoms with E-state index < -0.39 is 12.2 Å². The maximum Gasteiger partial charge on any atom is 0.0863 e. The first-order chi connectivity index (χ1) is 7.79. The molecule has 0 aliphatic heterocycles. The molecule has 4 unspecified atom stereocenters. The van der Waals surface area contributed by atoms with E-state index in [2.05, 4.69) is 0 Å². The summed E-state index contributed by atoms with van der Waals surface area (Å²) in [6.07, 6.45) is 6.82. The van der Waals surface area contributed by atoms with E-state index in [0.717, 1.165) is 11.1 Å². The van der Waals surface area contributed by atoms with E-state index in [1.54, 1.807) is 0 Å². The molecule has 2 aliphatic carbocycles. The van der Waals surface area contributed by atoms with Gasteiger partial charge in [0.05, 0.1) is 12.2 Å². The fraction of sp³-hybridized carbons (Fsp3) is 0.286. The van der Waals surface area contributed by atoms with E-state index in [-0.39, 0.29) is 11.8 Å². The Labute approximate surface area is 94.5 Å². The van der Waals surface area contributed by atoms with Crippen LogP contribution in [0.3, 0.4) is 0 Å². The van der Waals surface area contributed by atoms with Gasteiger partial charge in [-0.15, -0.1) is 0 Å². The summed E-state index contributed by atoms with van der Waals surface area (Å²) in [5.74, 6) is -0.00944. The minimum absolute atomic E-state index is 0.00472. The lowest BCUT2D eigenvalue weighted by Crippen LogP contribution is -2.31. The lowest BCUT2D eigenvalue weighted by molar-refractivity contribution is 0.0234. The molecule has 2 nitrogen and oxygen atoms in total. The molecule has 2 N–H and O–H groups in total. The van der Waals surface area contributed by atoms with Crippen molar-refractivity contribution in [1.82, 2.24) is 0 Å². The predicted octanol–water partition coefficient (Wildman–Crippen LogP) is 2.13. The van der Waals surface area contributed by atoms with Crippen LogP contribution >= 0.6 is 0 Å². The summed E-state index contributed by atoms with van der Waals surface area (Å²) >= 11 is 0. The van der Waals surface area contributed by atoms with Crippen molar-refractivity contribution in [2.24, 2.45) is 11.8 Å². The Kier molecular flexibility index (Phi) is 2.20. The average molecular weight is 214 g/mol. The molecule has 2 heteroatoms. The van der Waals surface area contributed by atoms with E-state index in [1.807, 2.05) is 48.6 Å². The first-order valence-corrected chi connectivity index (χ1v) is 5.59. The number of aliphatic hydroxyl groups is 2. The van der Waals surface area contributed by atoms with Gasteiger partial charge in [-0.2, -0.15) is 0 Å². The minimum Gasteiger partial charge on any atom is -0.388 e. The highest BCUT2D eigenvalue weighted by atomic mass is 16.3. The highest BCUT2D eigenvalue weighted by Gasteiger charge is 2.39. The molecule has 0 fully saturated rings. The SMILES string of the molecule is OC1c2ccccc2C(O)C2C=CC=CC12. The highest BCUT2D eigenvalue weighted by molar-refractivity contribution is 5.38. The zero-order valence-corrected chi connectivity index (χ0v) is 8.82. The van der Waals surface area contributed by atoms with Crippen molar-refractivity contribution in [2.75, 3.05) is 0 Å². The quantitative estimate of drug-likeness (QED) is 0.694. The smallest absolute Gasteiger partial charge is 0.0863 e. The number of hydrogen-bond donors (Lipinski definition) is 2. The van der Waals surface area contributed by atoms with Gasteiger partial charge >= 0.3 is 0 Å². The molecular formula is C14H14O2. The zero-order chi connectivity index (χ0) is 11.1. The van der Waals surface area contributed by atoms with Crippen LogP contribution in [-0.2, 0) is 0 Å². The van der Waals surface area contributed by atoms with Crippen molar-refractivity contribution < 1.29 is 10.2 Å². The normalized spacial score (nSPS) is 35.6. The number of allylic oxidation sites excluding steroid dienone is 2. The van der Waals surface area contributed by atoms with Crippen LogP contribution in [0.15, 0.2) is 48.6 Å². The Balaban J connectivity index is 2.13. The Morgan fingerprint density at radius 2 is 1.19 bits per heavy atom. The molecule has 3 rings (SSSR count). The van der Waals surface area contributed by atoms with E-state index in [1.165, 1.54) is 0 Å². The van der Waals surface area contributed by atoms with E-state index in [9.17, 15) is 10.2 Å². The Bertz CT molecular complexity index is 419. The summed E-state index contributed by atoms with van der Waals surface area (Å²) in [7, 11) is 0. The van der Waals surface area contributed by atoms with Gasteiger partial charge in [-0.05, 0) is 11.1 Å². The van der Waals surface area contributed by atoms with Crippen LogP contribution in [0, 0.1) is 11.8 Å². The lowest BCUT2D eigenvalue weighted by atomic mass is 9.70. The molecule has 2 aliphatic rings. The number of rotatable bonds is 0. The minimum atomic E-state index is -0.509. The maximum absolute atomic E-state index is 10.3. The average Bonchev–Trinajstić information content (AvgIpc) is 2.36. The van der Waals surface area contributed by atoms with E-state index in [0.29, 0.717) is 0 Å². The number of aliphatic hydroxyl groups excluding tert-OH is 2. The van der Waals surface area contributed by atoms with Crippen LogP contribution in [0.4, 0.5) is 0 Å². The third-order valence-electron chi connectivity index (χ3n) is 3.58. The largest absolute Gasteiger partial charge is 0.388 e. The molecule has 0 heterocycles. The molecule has 1 aromatic rings. The van der Waals surface area contributed by atoms with Gasteiger partial charge < -0.3 is 10.2 Å². The number of hydrogen-bond acceptors (Lipinski definition) is 2. The first kappa shape index (κ1) is 9.82. The molecule has 0 aromatic heterocycles. The van der Waals surface area contributed by atoms with Gasteiger partial charge in [0, 0.05) is 11.8 Å². The molecular weight excluding hydrogens is 200 g/mol. The molecule has 0 saturated heterocycles. The molecule has 0 bridgehead atoms. The third kappa shape index (κ3) is 1.27. The van der Waals surface area contributed by atoms with Gasteiger partial charge in [0.1, 0.15) is 0 Å². The van der Waals surface area contributed by atoms with Crippen LogP contribution in [0.1, 0.15) is 23.3 Å². The summed E-state index contributed by atoms with van der Waals surface area (Å²) in [5, 5.41) is 20.6. The van der Waals surface area contributed by atoms with Crippen molar-refractivity contribution in [3.8, 4) is 0 Å². The summed E-state index contributed by atoms with van der Waals surface area (Å²) in [4.78, 5) is 0. The molecule has 0 radical (unpaired) electrons. The maximum atomic E-state index is 10.3. The third-order valence-corrected chi connectivity index (χ3v) is 3.58. The lowest BCUT2D eigenvalue weighted by Gasteiger charge is -2.38. The van der Waals surface area contributed by atoms with Gasteiger partial charge in [-0.1, -0.05) is 48.6 Å². The van der Waals surface area contributed by atoms with Gasteiger partial charge in [-0.25, -0.2) is 0 Å². The zero-order valence-electron chi connectivity index (χ0n) is 8.82. The van der Waals surface area contributed by atoms with E-state index >= 15 is 0 Å². The van der Waals surface area contributed by atoms with Crippen LogP contribution in [-0.4, -0.2) is 10.2 Å². The molecule has 16 heavy (non-hydrogen) atoms. The van der Waals surface area contributed by atoms with Crippen LogP contribution in [0.5, 0.6) is 0 Å². The van der Waals surface area contributed by atoms with Gasteiger partial charge in [0.25, 0.3) is 0 Å². The van der Waals surface area contributed by atoms with Gasteiger partial charge in [-0.3, -0.25) is 0 Å². The predicted molar refractivity (Wildman–Crippen MR) is 61.6 cm³/mol. The highest BCUT2D eigenvalue weighted by Crippen LogP contribution is 2.46. The summed E-state index contributed by atoms with van der Waals surface area (Å²) in [5.41, 5.74) is 1.72. The molecule has 1 aromatic carbocycles. The fourth-order valence-corrected chi connectivity index (χ4v) is 2.74. The van der Waals surface area contributed by atoms with E-state index in [4.69, 9.17) is 0 Å². The number of fused-ring (bicyclic) bond motifs is 2. The second-order valence-corrected chi connectivity index (χ2v) is 4.44. The van der Waals surface area contributed by atoms with Crippen molar-refractivity contribution in [3.05, 3.63) is 59.7 Å². The van der Waals surface area contributed by atoms with Crippen molar-refractivity contribution in [2.45, 2.75) is 12.2 Å². The van der Waals surface area contributed by atoms with Crippen molar-refractivity contribution in [3.63, 3.8) is 0 Å². The Hall–Kier alpha value is -1.38. The second kappa shape index (κ2) is 3.58. The molecule has 0 saturated carbocycles. The van der Waals surface area contributed by atoms with Crippen LogP contribution < -0.4 is 0 Å². The van der Waals surface area contributed by atoms with Crippen molar-refractivity contribution >= 4 is 0 Å². The second-order valence-electron chi connectivity index (χ2n) is 4.44. The van der Waals surface area contributed by atoms with Crippen molar-refractivity contribution in [1.29, 1.82) is 0 Å². The molecule has 4 atom stereocenters. The molecule has 82 valence electrons.